The van der Waals surface area contributed by atoms with Gasteiger partial charge in [0.1, 0.15) is 0 Å². The van der Waals surface area contributed by atoms with Gasteiger partial charge >= 0.3 is 0 Å². The van der Waals surface area contributed by atoms with Gasteiger partial charge in [-0.15, -0.1) is 0 Å². The monoisotopic (exact) mass is 954 g/mol. The Labute approximate surface area is 438 Å². The molecule has 0 saturated carbocycles. The van der Waals surface area contributed by atoms with E-state index in [4.69, 9.17) is 0 Å². The van der Waals surface area contributed by atoms with Crippen LogP contribution in [0.15, 0.2) is 303 Å². The molecule has 75 heavy (non-hydrogen) atoms. The zero-order valence-corrected chi connectivity index (χ0v) is 41.3. The van der Waals surface area contributed by atoms with E-state index >= 15 is 0 Å². The number of aromatic nitrogens is 1. The van der Waals surface area contributed by atoms with E-state index in [0.717, 1.165) is 45.0 Å². The number of hydrogen-bond donors (Lipinski definition) is 0. The van der Waals surface area contributed by atoms with Crippen LogP contribution in [-0.4, -0.2) is 4.57 Å². The highest BCUT2D eigenvalue weighted by molar-refractivity contribution is 6.10. The van der Waals surface area contributed by atoms with Gasteiger partial charge in [-0.1, -0.05) is 237 Å². The fourth-order valence-corrected chi connectivity index (χ4v) is 12.0. The van der Waals surface area contributed by atoms with Crippen molar-refractivity contribution in [3.63, 3.8) is 0 Å². The summed E-state index contributed by atoms with van der Waals surface area (Å²) >= 11 is 0. The number of rotatable bonds is 10. The molecule has 12 aromatic carbocycles. The summed E-state index contributed by atoms with van der Waals surface area (Å²) in [5.74, 6) is 0. The van der Waals surface area contributed by atoms with Gasteiger partial charge in [-0.2, -0.15) is 0 Å². The lowest BCUT2D eigenvalue weighted by molar-refractivity contribution is 0.768. The maximum absolute atomic E-state index is 2.47. The van der Waals surface area contributed by atoms with Gasteiger partial charge in [0, 0.05) is 33.5 Å². The van der Waals surface area contributed by atoms with E-state index in [1.165, 1.54) is 77.4 Å². The Morgan fingerprint density at radius 3 is 1.36 bits per heavy atom. The molecule has 0 fully saturated rings. The molecule has 2 nitrogen and oxygen atoms in total. The first-order valence-corrected chi connectivity index (χ1v) is 25.9. The highest BCUT2D eigenvalue weighted by atomic mass is 15.1. The molecule has 0 aliphatic heterocycles. The van der Waals surface area contributed by atoms with E-state index < -0.39 is 5.41 Å². The molecule has 0 amide bonds. The maximum Gasteiger partial charge on any atom is 0.0714 e. The second-order valence-electron chi connectivity index (χ2n) is 19.6. The molecule has 0 N–H and O–H groups in total. The van der Waals surface area contributed by atoms with Gasteiger partial charge in [0.15, 0.2) is 0 Å². The van der Waals surface area contributed by atoms with Gasteiger partial charge in [-0.05, 0) is 145 Å². The van der Waals surface area contributed by atoms with Gasteiger partial charge in [0.05, 0.1) is 16.4 Å². The van der Waals surface area contributed by atoms with Crippen molar-refractivity contribution in [1.82, 2.24) is 4.57 Å². The Bertz CT molecular complexity index is 4140. The Kier molecular flexibility index (Phi) is 10.8. The van der Waals surface area contributed by atoms with E-state index in [-0.39, 0.29) is 0 Å². The van der Waals surface area contributed by atoms with E-state index in [1.54, 1.807) is 0 Å². The Balaban J connectivity index is 0.943. The van der Waals surface area contributed by atoms with E-state index in [2.05, 4.69) is 313 Å². The minimum absolute atomic E-state index is 0.547. The number of benzene rings is 12. The van der Waals surface area contributed by atoms with Crippen molar-refractivity contribution in [3.05, 3.63) is 326 Å². The third-order valence-corrected chi connectivity index (χ3v) is 15.5. The molecule has 2 heteroatoms. The molecular weight excluding hydrogens is 905 g/mol. The van der Waals surface area contributed by atoms with Gasteiger partial charge in [0.25, 0.3) is 0 Å². The topological polar surface area (TPSA) is 8.17 Å². The molecular formula is C73H50N2. The first-order valence-electron chi connectivity index (χ1n) is 25.9. The molecule has 0 saturated heterocycles. The fourth-order valence-electron chi connectivity index (χ4n) is 12.0. The molecule has 1 aromatic heterocycles. The Hall–Kier alpha value is -9.76. The van der Waals surface area contributed by atoms with Crippen LogP contribution >= 0.6 is 0 Å². The van der Waals surface area contributed by atoms with Crippen molar-refractivity contribution >= 4 is 38.9 Å². The van der Waals surface area contributed by atoms with Crippen LogP contribution in [-0.2, 0) is 5.41 Å². The number of para-hydroxylation sites is 2. The summed E-state index contributed by atoms with van der Waals surface area (Å²) in [6.07, 6.45) is 0. The maximum atomic E-state index is 2.47. The minimum Gasteiger partial charge on any atom is -0.310 e. The normalized spacial score (nSPS) is 12.4. The first-order chi connectivity index (χ1) is 37.2. The lowest BCUT2D eigenvalue weighted by atomic mass is 9.67. The summed E-state index contributed by atoms with van der Waals surface area (Å²) in [5, 5.41) is 2.50. The van der Waals surface area contributed by atoms with Crippen molar-refractivity contribution in [3.8, 4) is 61.3 Å². The zero-order valence-electron chi connectivity index (χ0n) is 41.3. The molecule has 13 aromatic rings. The molecule has 1 heterocycles. The number of nitrogens with zero attached hydrogens (tertiary/aromatic N) is 2. The summed E-state index contributed by atoms with van der Waals surface area (Å²) in [6.45, 7) is 0. The number of fused-ring (bicyclic) bond motifs is 6. The van der Waals surface area contributed by atoms with Gasteiger partial charge in [-0.25, -0.2) is 0 Å². The van der Waals surface area contributed by atoms with Crippen LogP contribution in [0.5, 0.6) is 0 Å². The summed E-state index contributed by atoms with van der Waals surface area (Å²) in [6, 6.07) is 111. The van der Waals surface area contributed by atoms with Crippen molar-refractivity contribution < 1.29 is 0 Å². The number of anilines is 3. The Morgan fingerprint density at radius 1 is 0.253 bits per heavy atom. The molecule has 1 aliphatic carbocycles. The van der Waals surface area contributed by atoms with Crippen molar-refractivity contribution in [1.29, 1.82) is 0 Å². The summed E-state index contributed by atoms with van der Waals surface area (Å²) in [5.41, 5.74) is 23.1. The van der Waals surface area contributed by atoms with Crippen LogP contribution in [0.3, 0.4) is 0 Å². The summed E-state index contributed by atoms with van der Waals surface area (Å²) in [7, 11) is 0. The predicted molar refractivity (Wildman–Crippen MR) is 315 cm³/mol. The Morgan fingerprint density at radius 2 is 0.707 bits per heavy atom. The van der Waals surface area contributed by atoms with Crippen molar-refractivity contribution in [2.45, 2.75) is 5.41 Å². The van der Waals surface area contributed by atoms with E-state index in [9.17, 15) is 0 Å². The van der Waals surface area contributed by atoms with Gasteiger partial charge < -0.3 is 9.47 Å². The molecule has 352 valence electrons. The largest absolute Gasteiger partial charge is 0.310 e. The van der Waals surface area contributed by atoms with Crippen LogP contribution in [0.1, 0.15) is 22.3 Å². The molecule has 0 radical (unpaired) electrons. The average molecular weight is 955 g/mol. The lowest BCUT2D eigenvalue weighted by Crippen LogP contribution is -2.28. The molecule has 0 bridgehead atoms. The number of hydrogen-bond acceptors (Lipinski definition) is 1. The predicted octanol–water partition coefficient (Wildman–Crippen LogP) is 19.3. The molecule has 14 rings (SSSR count). The minimum atomic E-state index is -0.547. The third-order valence-electron chi connectivity index (χ3n) is 15.5. The first kappa shape index (κ1) is 44.0. The SMILES string of the molecule is c1ccc(-c2ccc(N(c3cc(-c4ccccc4)cc(-c4ccc(-c5ccc6c7ccccc7n(-c7ccccc7)c6c5)cc4)c3)c3ccc4c(c3)C(c3ccccc3)(c3ccccc3)c3ccccc3-4)cc2)cc1. The van der Waals surface area contributed by atoms with Crippen LogP contribution < -0.4 is 4.90 Å². The van der Waals surface area contributed by atoms with Crippen LogP contribution in [0.25, 0.3) is 83.1 Å². The molecule has 0 atom stereocenters. The molecule has 0 spiro atoms. The van der Waals surface area contributed by atoms with Gasteiger partial charge in [0.2, 0.25) is 0 Å². The van der Waals surface area contributed by atoms with Crippen LogP contribution in [0.2, 0.25) is 0 Å². The summed E-state index contributed by atoms with van der Waals surface area (Å²) in [4.78, 5) is 2.46. The highest BCUT2D eigenvalue weighted by Crippen LogP contribution is 2.57. The zero-order chi connectivity index (χ0) is 49.7. The van der Waals surface area contributed by atoms with E-state index in [1.807, 2.05) is 0 Å². The van der Waals surface area contributed by atoms with Gasteiger partial charge in [-0.3, -0.25) is 0 Å². The summed E-state index contributed by atoms with van der Waals surface area (Å²) < 4.78 is 2.39. The second-order valence-corrected chi connectivity index (χ2v) is 19.6. The fraction of sp³-hybridized carbons (Fsp3) is 0.0137. The van der Waals surface area contributed by atoms with Crippen molar-refractivity contribution in [2.75, 3.05) is 4.90 Å². The molecule has 1 aliphatic rings. The van der Waals surface area contributed by atoms with Crippen LogP contribution in [0, 0.1) is 0 Å². The standard InChI is InChI=1S/C73H50N2/c1-6-20-51(21-7-1)53-38-41-62(42-39-53)74(63-43-45-66-65-30-16-18-32-69(65)73(70(66)50-63,59-24-10-3-11-25-59)60-26-12-4-13-27-60)64-47-57(52-22-8-2-9-23-52)46-58(48-64)55-36-34-54(35-37-55)56-40-44-68-67-31-17-19-33-71(67)75(72(68)49-56)61-28-14-5-15-29-61/h1-50H. The van der Waals surface area contributed by atoms with E-state index in [0.29, 0.717) is 0 Å². The molecule has 0 unspecified atom stereocenters. The smallest absolute Gasteiger partial charge is 0.0714 e. The van der Waals surface area contributed by atoms with Crippen LogP contribution in [0.4, 0.5) is 17.1 Å². The second kappa shape index (κ2) is 18.4. The van der Waals surface area contributed by atoms with Crippen molar-refractivity contribution in [2.24, 2.45) is 0 Å². The average Bonchev–Trinajstić information content (AvgIpc) is 4.05. The highest BCUT2D eigenvalue weighted by Gasteiger charge is 2.46. The lowest BCUT2D eigenvalue weighted by Gasteiger charge is -2.35. The third kappa shape index (κ3) is 7.49. The quantitative estimate of drug-likeness (QED) is 0.133.